The van der Waals surface area contributed by atoms with Crippen molar-refractivity contribution in [1.29, 1.82) is 0 Å². The number of hydrogen-bond acceptors (Lipinski definition) is 8. The molecule has 0 fully saturated rings. The average Bonchev–Trinajstić information content (AvgIpc) is 2.98. The summed E-state index contributed by atoms with van der Waals surface area (Å²) in [6.45, 7) is 3.56. The van der Waals surface area contributed by atoms with E-state index in [0.29, 0.717) is 16.3 Å². The summed E-state index contributed by atoms with van der Waals surface area (Å²) < 4.78 is 11.7. The standard InChI is InChI=1S/C29H24Cl2N4O6/c1-18-25(30)19(2)34-28(31)26(18)32-17-33-41-29(36)22-13-23(35(37)38)27(40-16-21-11-7-4-8-12-21)24(14-22)39-15-20-9-5-3-6-10-20/h3-14,17H,15-16H2,1-2H3,(H,32,33). The van der Waals surface area contributed by atoms with Gasteiger partial charge in [-0.05, 0) is 36.6 Å². The number of hydrogen-bond donors (Lipinski definition) is 1. The lowest BCUT2D eigenvalue weighted by atomic mass is 10.1. The minimum absolute atomic E-state index is 0.00220. The number of nitrogens with one attached hydrogen (secondary N) is 1. The van der Waals surface area contributed by atoms with Crippen LogP contribution in [-0.2, 0) is 18.1 Å². The molecule has 0 spiro atoms. The van der Waals surface area contributed by atoms with Gasteiger partial charge in [-0.3, -0.25) is 10.1 Å². The minimum Gasteiger partial charge on any atom is -0.485 e. The molecule has 1 heterocycles. The lowest BCUT2D eigenvalue weighted by Gasteiger charge is -2.15. The molecule has 1 aromatic heterocycles. The van der Waals surface area contributed by atoms with Gasteiger partial charge in [-0.25, -0.2) is 20.3 Å². The third-order valence-electron chi connectivity index (χ3n) is 5.79. The van der Waals surface area contributed by atoms with Crippen molar-refractivity contribution in [3.8, 4) is 11.5 Å². The number of halogens is 2. The van der Waals surface area contributed by atoms with Gasteiger partial charge in [0.15, 0.2) is 10.9 Å². The highest BCUT2D eigenvalue weighted by Crippen LogP contribution is 2.40. The first-order valence-electron chi connectivity index (χ1n) is 12.2. The van der Waals surface area contributed by atoms with Gasteiger partial charge in [0.25, 0.3) is 0 Å². The number of ether oxygens (including phenoxy) is 2. The Kier molecular flexibility index (Phi) is 9.73. The first-order chi connectivity index (χ1) is 19.7. The van der Waals surface area contributed by atoms with E-state index in [1.807, 2.05) is 60.7 Å². The van der Waals surface area contributed by atoms with Gasteiger partial charge in [-0.1, -0.05) is 83.9 Å². The van der Waals surface area contributed by atoms with Crippen molar-refractivity contribution in [3.05, 3.63) is 121 Å². The predicted molar refractivity (Wildman–Crippen MR) is 155 cm³/mol. The summed E-state index contributed by atoms with van der Waals surface area (Å²) in [6, 6.07) is 20.7. The Labute approximate surface area is 245 Å². The van der Waals surface area contributed by atoms with E-state index in [1.54, 1.807) is 13.8 Å². The third kappa shape index (κ3) is 7.50. The fourth-order valence-electron chi connectivity index (χ4n) is 3.72. The molecule has 0 radical (unpaired) electrons. The molecule has 0 aliphatic carbocycles. The smallest absolute Gasteiger partial charge is 0.363 e. The van der Waals surface area contributed by atoms with Crippen molar-refractivity contribution in [2.75, 3.05) is 0 Å². The summed E-state index contributed by atoms with van der Waals surface area (Å²) in [4.78, 5) is 37.5. The number of aryl methyl sites for hydroxylation is 1. The summed E-state index contributed by atoms with van der Waals surface area (Å²) in [5.74, 6) is -1.04. The summed E-state index contributed by atoms with van der Waals surface area (Å²) in [7, 11) is 0. The monoisotopic (exact) mass is 594 g/mol. The molecule has 0 saturated carbocycles. The second-order valence-electron chi connectivity index (χ2n) is 8.67. The maximum Gasteiger partial charge on any atom is 0.363 e. The molecule has 4 rings (SSSR count). The van der Waals surface area contributed by atoms with Gasteiger partial charge in [0.2, 0.25) is 5.75 Å². The number of benzene rings is 3. The highest BCUT2D eigenvalue weighted by atomic mass is 35.5. The van der Waals surface area contributed by atoms with Gasteiger partial charge in [-0.15, -0.1) is 0 Å². The van der Waals surface area contributed by atoms with Gasteiger partial charge in [0.05, 0.1) is 21.2 Å². The Bertz CT molecular complexity index is 1580. The van der Waals surface area contributed by atoms with Crippen LogP contribution in [0, 0.1) is 24.0 Å². The van der Waals surface area contributed by atoms with Crippen molar-refractivity contribution < 1.29 is 24.0 Å². The molecule has 0 unspecified atom stereocenters. The molecule has 4 aromatic rings. The van der Waals surface area contributed by atoms with Crippen LogP contribution in [0.15, 0.2) is 77.8 Å². The van der Waals surface area contributed by atoms with Crippen LogP contribution in [0.1, 0.15) is 32.7 Å². The lowest BCUT2D eigenvalue weighted by molar-refractivity contribution is -0.386. The van der Waals surface area contributed by atoms with E-state index in [0.717, 1.165) is 23.5 Å². The molecule has 0 amide bonds. The van der Waals surface area contributed by atoms with Crippen LogP contribution in [-0.4, -0.2) is 22.2 Å². The number of pyridine rings is 1. The number of carbonyl (C=O) groups is 1. The molecule has 10 nitrogen and oxygen atoms in total. The van der Waals surface area contributed by atoms with Crippen LogP contribution in [0.5, 0.6) is 11.5 Å². The van der Waals surface area contributed by atoms with E-state index in [2.05, 4.69) is 15.5 Å². The number of nitro benzene ring substituents is 1. The Morgan fingerprint density at radius 3 is 2.22 bits per heavy atom. The zero-order chi connectivity index (χ0) is 29.4. The number of rotatable bonds is 11. The summed E-state index contributed by atoms with van der Waals surface area (Å²) in [5.41, 5.74) is 4.72. The molecule has 0 aliphatic heterocycles. The van der Waals surface area contributed by atoms with Crippen LogP contribution in [0.25, 0.3) is 0 Å². The number of carbonyl (C=O) groups excluding carboxylic acids is 1. The normalized spacial score (nSPS) is 10.8. The number of aliphatic imine (C=N–C) groups is 1. The second kappa shape index (κ2) is 13.6. The van der Waals surface area contributed by atoms with Gasteiger partial charge in [-0.2, -0.15) is 0 Å². The SMILES string of the molecule is Cc1nc(Cl)c(N=CNOC(=O)c2cc(OCc3ccccc3)c(OCc3ccccc3)c([N+](=O)[O-])c2)c(C)c1Cl. The van der Waals surface area contributed by atoms with Crippen molar-refractivity contribution in [2.24, 2.45) is 4.99 Å². The third-order valence-corrected chi connectivity index (χ3v) is 6.61. The predicted octanol–water partition coefficient (Wildman–Crippen LogP) is 7.09. The zero-order valence-electron chi connectivity index (χ0n) is 22.0. The number of hydroxylamine groups is 1. The van der Waals surface area contributed by atoms with Crippen molar-refractivity contribution >= 4 is 46.9 Å². The fourth-order valence-corrected chi connectivity index (χ4v) is 4.17. The molecular weight excluding hydrogens is 571 g/mol. The van der Waals surface area contributed by atoms with Crippen LogP contribution < -0.4 is 15.0 Å². The Balaban J connectivity index is 1.57. The van der Waals surface area contributed by atoms with E-state index in [4.69, 9.17) is 37.5 Å². The van der Waals surface area contributed by atoms with Gasteiger partial charge in [0.1, 0.15) is 25.2 Å². The molecule has 210 valence electrons. The van der Waals surface area contributed by atoms with Crippen molar-refractivity contribution in [2.45, 2.75) is 27.1 Å². The van der Waals surface area contributed by atoms with Crippen LogP contribution in [0.3, 0.4) is 0 Å². The van der Waals surface area contributed by atoms with E-state index < -0.39 is 16.6 Å². The maximum atomic E-state index is 12.9. The largest absolute Gasteiger partial charge is 0.485 e. The summed E-state index contributed by atoms with van der Waals surface area (Å²) in [6.07, 6.45) is 1.08. The van der Waals surface area contributed by atoms with E-state index in [1.165, 1.54) is 6.07 Å². The maximum absolute atomic E-state index is 12.9. The molecule has 12 heteroatoms. The van der Waals surface area contributed by atoms with Gasteiger partial charge >= 0.3 is 11.7 Å². The number of aromatic nitrogens is 1. The number of nitro groups is 1. The lowest BCUT2D eigenvalue weighted by Crippen LogP contribution is -2.18. The number of nitrogens with zero attached hydrogens (tertiary/aromatic N) is 3. The molecule has 0 atom stereocenters. The first kappa shape index (κ1) is 29.3. The van der Waals surface area contributed by atoms with Crippen LogP contribution in [0.2, 0.25) is 10.2 Å². The highest BCUT2D eigenvalue weighted by Gasteiger charge is 2.26. The minimum atomic E-state index is -0.929. The molecule has 0 aliphatic rings. The Hall–Kier alpha value is -4.67. The van der Waals surface area contributed by atoms with Crippen molar-refractivity contribution in [1.82, 2.24) is 10.5 Å². The van der Waals surface area contributed by atoms with E-state index >= 15 is 0 Å². The molecular formula is C29H24Cl2N4O6. The molecule has 0 bridgehead atoms. The quantitative estimate of drug-likeness (QED) is 0.0641. The molecule has 3 aromatic carbocycles. The summed E-state index contributed by atoms with van der Waals surface area (Å²) in [5, 5.41) is 12.5. The van der Waals surface area contributed by atoms with E-state index in [-0.39, 0.29) is 41.1 Å². The first-order valence-corrected chi connectivity index (χ1v) is 13.0. The van der Waals surface area contributed by atoms with E-state index in [9.17, 15) is 14.9 Å². The topological polar surface area (TPSA) is 125 Å². The average molecular weight is 595 g/mol. The Morgan fingerprint density at radius 2 is 1.61 bits per heavy atom. The fraction of sp³-hybridized carbons (Fsp3) is 0.138. The van der Waals surface area contributed by atoms with Crippen LogP contribution in [0.4, 0.5) is 11.4 Å². The van der Waals surface area contributed by atoms with Gasteiger partial charge < -0.3 is 14.3 Å². The molecule has 41 heavy (non-hydrogen) atoms. The van der Waals surface area contributed by atoms with Crippen LogP contribution >= 0.6 is 23.2 Å². The highest BCUT2D eigenvalue weighted by molar-refractivity contribution is 6.35. The second-order valence-corrected chi connectivity index (χ2v) is 9.41. The summed E-state index contributed by atoms with van der Waals surface area (Å²) >= 11 is 12.4. The van der Waals surface area contributed by atoms with Gasteiger partial charge in [0, 0.05) is 6.07 Å². The van der Waals surface area contributed by atoms with Crippen molar-refractivity contribution in [3.63, 3.8) is 0 Å². The zero-order valence-corrected chi connectivity index (χ0v) is 23.5. The molecule has 0 saturated heterocycles. The Morgan fingerprint density at radius 1 is 1.00 bits per heavy atom. The molecule has 1 N–H and O–H groups in total.